The number of halogens is 1. The van der Waals surface area contributed by atoms with Crippen molar-refractivity contribution in [2.24, 2.45) is 0 Å². The van der Waals surface area contributed by atoms with Crippen LogP contribution in [0, 0.1) is 15.9 Å². The highest BCUT2D eigenvalue weighted by Crippen LogP contribution is 2.35. The smallest absolute Gasteiger partial charge is 0.338 e. The molecule has 0 aliphatic carbocycles. The number of aliphatic hydroxyl groups excluding tert-OH is 1. The Labute approximate surface area is 119 Å². The van der Waals surface area contributed by atoms with Crippen molar-refractivity contribution in [3.05, 3.63) is 33.6 Å². The molecule has 0 spiro atoms. The Morgan fingerprint density at radius 2 is 2.19 bits per heavy atom. The lowest BCUT2D eigenvalue weighted by molar-refractivity contribution is -0.384. The average molecular weight is 298 g/mol. The zero-order valence-corrected chi connectivity index (χ0v) is 11.2. The summed E-state index contributed by atoms with van der Waals surface area (Å²) < 4.78 is 13.8. The van der Waals surface area contributed by atoms with Gasteiger partial charge in [-0.1, -0.05) is 0 Å². The number of hydrogen-bond donors (Lipinski definition) is 2. The fraction of sp³-hybridized carbons (Fsp3) is 0.462. The van der Waals surface area contributed by atoms with E-state index in [1.165, 1.54) is 0 Å². The summed E-state index contributed by atoms with van der Waals surface area (Å²) in [4.78, 5) is 22.9. The third-order valence-corrected chi connectivity index (χ3v) is 3.64. The third-order valence-electron chi connectivity index (χ3n) is 3.64. The number of carbonyl (C=O) groups is 1. The van der Waals surface area contributed by atoms with Gasteiger partial charge in [-0.15, -0.1) is 0 Å². The van der Waals surface area contributed by atoms with E-state index in [4.69, 9.17) is 5.11 Å². The number of nitro groups is 1. The van der Waals surface area contributed by atoms with E-state index in [2.05, 4.69) is 0 Å². The molecule has 1 aromatic carbocycles. The molecule has 1 aliphatic rings. The van der Waals surface area contributed by atoms with Crippen LogP contribution in [0.5, 0.6) is 0 Å². The summed E-state index contributed by atoms with van der Waals surface area (Å²) in [6.45, 7) is 0.261. The highest BCUT2D eigenvalue weighted by atomic mass is 19.1. The van der Waals surface area contributed by atoms with Crippen molar-refractivity contribution >= 4 is 17.3 Å². The highest BCUT2D eigenvalue weighted by Gasteiger charge is 2.30. The molecule has 0 saturated carbocycles. The Morgan fingerprint density at radius 1 is 1.48 bits per heavy atom. The average Bonchev–Trinajstić information content (AvgIpc) is 2.46. The zero-order chi connectivity index (χ0) is 15.6. The standard InChI is InChI=1S/C13H15FN2O5/c14-10-6-11(15-4-2-1-3-8(15)7-17)12(16(20)21)5-9(10)13(18)19/h5-6,8,17H,1-4,7H2,(H,18,19). The van der Waals surface area contributed by atoms with E-state index in [1.54, 1.807) is 4.90 Å². The highest BCUT2D eigenvalue weighted by molar-refractivity contribution is 5.90. The number of rotatable bonds is 4. The molecule has 1 heterocycles. The predicted octanol–water partition coefficient (Wildman–Crippen LogP) is 1.78. The molecule has 1 unspecified atom stereocenters. The van der Waals surface area contributed by atoms with Crippen molar-refractivity contribution in [3.8, 4) is 0 Å². The normalized spacial score (nSPS) is 18.6. The minimum Gasteiger partial charge on any atom is -0.478 e. The number of aromatic carboxylic acids is 1. The topological polar surface area (TPSA) is 104 Å². The largest absolute Gasteiger partial charge is 0.478 e. The molecule has 7 nitrogen and oxygen atoms in total. The van der Waals surface area contributed by atoms with Gasteiger partial charge in [0.1, 0.15) is 17.1 Å². The molecule has 21 heavy (non-hydrogen) atoms. The molecule has 0 aromatic heterocycles. The van der Waals surface area contributed by atoms with Gasteiger partial charge < -0.3 is 15.1 Å². The van der Waals surface area contributed by atoms with E-state index in [1.807, 2.05) is 0 Å². The van der Waals surface area contributed by atoms with Gasteiger partial charge in [0.25, 0.3) is 5.69 Å². The van der Waals surface area contributed by atoms with Gasteiger partial charge >= 0.3 is 5.97 Å². The van der Waals surface area contributed by atoms with Crippen LogP contribution in [0.15, 0.2) is 12.1 Å². The molecule has 1 aromatic rings. The molecule has 114 valence electrons. The van der Waals surface area contributed by atoms with Crippen molar-refractivity contribution < 1.29 is 24.3 Å². The molecule has 2 rings (SSSR count). The number of hydrogen-bond acceptors (Lipinski definition) is 5. The van der Waals surface area contributed by atoms with Crippen molar-refractivity contribution in [2.45, 2.75) is 25.3 Å². The number of anilines is 1. The van der Waals surface area contributed by atoms with Crippen LogP contribution < -0.4 is 4.90 Å². The second-order valence-electron chi connectivity index (χ2n) is 4.91. The lowest BCUT2D eigenvalue weighted by atomic mass is 10.0. The third kappa shape index (κ3) is 2.94. The molecule has 1 atom stereocenters. The predicted molar refractivity (Wildman–Crippen MR) is 72.1 cm³/mol. The number of aliphatic hydroxyl groups is 1. The molecular formula is C13H15FN2O5. The number of benzene rings is 1. The first-order valence-corrected chi connectivity index (χ1v) is 6.54. The number of piperidine rings is 1. The minimum absolute atomic E-state index is 0.0150. The Bertz CT molecular complexity index is 578. The van der Waals surface area contributed by atoms with Crippen LogP contribution in [0.2, 0.25) is 0 Å². The van der Waals surface area contributed by atoms with E-state index in [9.17, 15) is 24.4 Å². The molecule has 0 bridgehead atoms. The van der Waals surface area contributed by atoms with Crippen LogP contribution >= 0.6 is 0 Å². The van der Waals surface area contributed by atoms with Gasteiger partial charge in [0.15, 0.2) is 0 Å². The number of nitro benzene ring substituents is 1. The van der Waals surface area contributed by atoms with E-state index >= 15 is 0 Å². The van der Waals surface area contributed by atoms with E-state index in [0.717, 1.165) is 25.0 Å². The van der Waals surface area contributed by atoms with Crippen LogP contribution in [-0.4, -0.2) is 40.3 Å². The number of nitrogens with zero attached hydrogens (tertiary/aromatic N) is 2. The second kappa shape index (κ2) is 6.04. The maximum atomic E-state index is 13.8. The summed E-state index contributed by atoms with van der Waals surface area (Å²) in [6, 6.07) is 1.28. The Balaban J connectivity index is 2.53. The molecule has 0 amide bonds. The van der Waals surface area contributed by atoms with E-state index in [0.29, 0.717) is 13.0 Å². The first-order chi connectivity index (χ1) is 9.95. The number of carboxylic acid groups (broad SMARTS) is 1. The van der Waals surface area contributed by atoms with Gasteiger partial charge in [0, 0.05) is 18.7 Å². The summed E-state index contributed by atoms with van der Waals surface area (Å²) in [5.41, 5.74) is -1.18. The second-order valence-corrected chi connectivity index (χ2v) is 4.91. The Hall–Kier alpha value is -2.22. The van der Waals surface area contributed by atoms with Gasteiger partial charge in [-0.3, -0.25) is 10.1 Å². The number of carboxylic acids is 1. The monoisotopic (exact) mass is 298 g/mol. The summed E-state index contributed by atoms with van der Waals surface area (Å²) >= 11 is 0. The van der Waals surface area contributed by atoms with Crippen LogP contribution in [0.4, 0.5) is 15.8 Å². The van der Waals surface area contributed by atoms with Gasteiger partial charge in [-0.25, -0.2) is 9.18 Å². The molecule has 2 N–H and O–H groups in total. The van der Waals surface area contributed by atoms with Crippen LogP contribution in [0.1, 0.15) is 29.6 Å². The Kier molecular flexibility index (Phi) is 4.37. The minimum atomic E-state index is -1.56. The fourth-order valence-corrected chi connectivity index (χ4v) is 2.60. The summed E-state index contributed by atoms with van der Waals surface area (Å²) in [7, 11) is 0. The van der Waals surface area contributed by atoms with Gasteiger partial charge in [-0.2, -0.15) is 0 Å². The van der Waals surface area contributed by atoms with Crippen LogP contribution in [0.3, 0.4) is 0 Å². The maximum absolute atomic E-state index is 13.8. The van der Waals surface area contributed by atoms with E-state index < -0.39 is 28.0 Å². The van der Waals surface area contributed by atoms with Gasteiger partial charge in [0.05, 0.1) is 17.6 Å². The molecule has 8 heteroatoms. The van der Waals surface area contributed by atoms with Crippen molar-refractivity contribution in [3.63, 3.8) is 0 Å². The maximum Gasteiger partial charge on any atom is 0.338 e. The van der Waals surface area contributed by atoms with E-state index in [-0.39, 0.29) is 18.3 Å². The van der Waals surface area contributed by atoms with Crippen molar-refractivity contribution in [1.29, 1.82) is 0 Å². The Morgan fingerprint density at radius 3 is 2.76 bits per heavy atom. The summed E-state index contributed by atoms with van der Waals surface area (Å²) in [5.74, 6) is -2.58. The van der Waals surface area contributed by atoms with Crippen molar-refractivity contribution in [2.75, 3.05) is 18.1 Å². The fourth-order valence-electron chi connectivity index (χ4n) is 2.60. The SMILES string of the molecule is O=C(O)c1cc([N+](=O)[O-])c(N2CCCCC2CO)cc1F. The summed E-state index contributed by atoms with van der Waals surface area (Å²) in [5, 5.41) is 29.4. The zero-order valence-electron chi connectivity index (χ0n) is 11.2. The molecule has 1 fully saturated rings. The van der Waals surface area contributed by atoms with Crippen LogP contribution in [-0.2, 0) is 0 Å². The molecule has 1 saturated heterocycles. The summed E-state index contributed by atoms with van der Waals surface area (Å²) in [6.07, 6.45) is 2.30. The quantitative estimate of drug-likeness (QED) is 0.648. The van der Waals surface area contributed by atoms with Gasteiger partial charge in [-0.05, 0) is 19.3 Å². The lowest BCUT2D eigenvalue weighted by Crippen LogP contribution is -2.42. The molecule has 0 radical (unpaired) electrons. The first kappa shape index (κ1) is 15.2. The molecular weight excluding hydrogens is 283 g/mol. The lowest BCUT2D eigenvalue weighted by Gasteiger charge is -2.36. The molecule has 1 aliphatic heterocycles. The first-order valence-electron chi connectivity index (χ1n) is 6.54. The van der Waals surface area contributed by atoms with Crippen LogP contribution in [0.25, 0.3) is 0 Å². The van der Waals surface area contributed by atoms with Crippen molar-refractivity contribution in [1.82, 2.24) is 0 Å². The van der Waals surface area contributed by atoms with Gasteiger partial charge in [0.2, 0.25) is 0 Å².